The molecule has 1 aliphatic heterocycles. The quantitative estimate of drug-likeness (QED) is 0.272. The van der Waals surface area contributed by atoms with Gasteiger partial charge in [-0.1, -0.05) is 77.3 Å². The highest BCUT2D eigenvalue weighted by molar-refractivity contribution is 6.42. The second kappa shape index (κ2) is 9.75. The average molecular weight is 513 g/mol. The number of nitrogens with one attached hydrogen (secondary N) is 1. The van der Waals surface area contributed by atoms with Gasteiger partial charge in [0.05, 0.1) is 27.7 Å². The van der Waals surface area contributed by atoms with Crippen LogP contribution in [0, 0.1) is 12.5 Å². The van der Waals surface area contributed by atoms with E-state index >= 15 is 0 Å². The average Bonchev–Trinajstić information content (AvgIpc) is 3.64. The van der Waals surface area contributed by atoms with Gasteiger partial charge < -0.3 is 9.88 Å². The molecule has 1 aliphatic carbocycles. The third-order valence-corrected chi connectivity index (χ3v) is 8.01. The lowest BCUT2D eigenvalue weighted by molar-refractivity contribution is 0.247. The van der Waals surface area contributed by atoms with Crippen molar-refractivity contribution in [2.45, 2.75) is 25.7 Å². The van der Waals surface area contributed by atoms with Crippen LogP contribution in [-0.4, -0.2) is 34.5 Å². The minimum Gasteiger partial charge on any atom is -0.338 e. The van der Waals surface area contributed by atoms with Gasteiger partial charge in [0, 0.05) is 25.2 Å². The van der Waals surface area contributed by atoms with E-state index in [1.165, 1.54) is 30.5 Å². The number of aromatic nitrogens is 2. The molecular weight excluding hydrogens is 487 g/mol. The Labute approximate surface area is 221 Å². The third-order valence-electron chi connectivity index (χ3n) is 7.29. The fraction of sp³-hybridized carbons (Fsp3) is 0.267. The fourth-order valence-corrected chi connectivity index (χ4v) is 5.43. The molecule has 1 saturated heterocycles. The van der Waals surface area contributed by atoms with Crippen molar-refractivity contribution in [3.05, 3.63) is 99.1 Å². The zero-order valence-corrected chi connectivity index (χ0v) is 21.4. The van der Waals surface area contributed by atoms with Crippen LogP contribution in [0.1, 0.15) is 37.1 Å². The Bertz CT molecular complexity index is 1440. The van der Waals surface area contributed by atoms with Crippen LogP contribution >= 0.6 is 23.2 Å². The molecule has 6 rings (SSSR count). The molecule has 1 saturated carbocycles. The molecule has 4 nitrogen and oxygen atoms in total. The number of halogens is 2. The lowest BCUT2D eigenvalue weighted by Gasteiger charge is -2.29. The molecule has 0 atom stereocenters. The molecular formula is C30H26Cl2N4. The minimum absolute atomic E-state index is 0.512. The summed E-state index contributed by atoms with van der Waals surface area (Å²) in [4.78, 5) is 14.6. The number of piperidine rings is 1. The third kappa shape index (κ3) is 4.80. The first kappa shape index (κ1) is 23.3. The van der Waals surface area contributed by atoms with Gasteiger partial charge in [0.1, 0.15) is 5.82 Å². The standard InChI is InChI=1S/C30H26Cl2N4/c1-33-24-10-8-21(9-11-24)20-4-6-22(7-5-20)29(23-12-14-36(15-13-23)18-19-2-3-19)30-34-27-16-25(31)26(32)17-28(27)35-30/h4-11,16-17,19H,2-3,12-15,18H2,(H,34,35). The summed E-state index contributed by atoms with van der Waals surface area (Å²) < 4.78 is 0. The van der Waals surface area contributed by atoms with Gasteiger partial charge in [0.2, 0.25) is 0 Å². The van der Waals surface area contributed by atoms with Crippen molar-refractivity contribution in [3.63, 3.8) is 0 Å². The maximum Gasteiger partial charge on any atom is 0.187 e. The van der Waals surface area contributed by atoms with Gasteiger partial charge in [-0.2, -0.15) is 0 Å². The first-order valence-corrected chi connectivity index (χ1v) is 13.2. The highest BCUT2D eigenvalue weighted by Gasteiger charge is 2.27. The summed E-state index contributed by atoms with van der Waals surface area (Å²) in [6.45, 7) is 10.6. The topological polar surface area (TPSA) is 36.3 Å². The van der Waals surface area contributed by atoms with Crippen LogP contribution in [0.25, 0.3) is 32.6 Å². The van der Waals surface area contributed by atoms with Crippen LogP contribution in [0.2, 0.25) is 10.0 Å². The maximum absolute atomic E-state index is 7.18. The molecule has 1 N–H and O–H groups in total. The van der Waals surface area contributed by atoms with Crippen molar-refractivity contribution in [2.75, 3.05) is 19.6 Å². The predicted octanol–water partition coefficient (Wildman–Crippen LogP) is 8.40. The van der Waals surface area contributed by atoms with Gasteiger partial charge in [0.25, 0.3) is 0 Å². The number of hydrogen-bond donors (Lipinski definition) is 1. The highest BCUT2D eigenvalue weighted by Crippen LogP contribution is 2.36. The normalized spacial score (nSPS) is 16.3. The van der Waals surface area contributed by atoms with Crippen LogP contribution in [0.5, 0.6) is 0 Å². The Kier molecular flexibility index (Phi) is 6.31. The monoisotopic (exact) mass is 512 g/mol. The second-order valence-corrected chi connectivity index (χ2v) is 10.6. The molecule has 2 aliphatic rings. The van der Waals surface area contributed by atoms with Gasteiger partial charge in [-0.15, -0.1) is 0 Å². The van der Waals surface area contributed by atoms with E-state index in [-0.39, 0.29) is 0 Å². The molecule has 0 bridgehead atoms. The Morgan fingerprint density at radius 1 is 0.944 bits per heavy atom. The van der Waals surface area contributed by atoms with Gasteiger partial charge in [-0.25, -0.2) is 9.83 Å². The van der Waals surface area contributed by atoms with Crippen LogP contribution in [-0.2, 0) is 0 Å². The summed E-state index contributed by atoms with van der Waals surface area (Å²) in [5.74, 6) is 1.78. The lowest BCUT2D eigenvalue weighted by Crippen LogP contribution is -2.32. The maximum atomic E-state index is 7.18. The van der Waals surface area contributed by atoms with Crippen molar-refractivity contribution in [1.82, 2.24) is 14.9 Å². The summed E-state index contributed by atoms with van der Waals surface area (Å²) in [7, 11) is 0. The molecule has 36 heavy (non-hydrogen) atoms. The smallest absolute Gasteiger partial charge is 0.187 e. The van der Waals surface area contributed by atoms with Gasteiger partial charge in [-0.05, 0) is 60.4 Å². The number of nitrogens with zero attached hydrogens (tertiary/aromatic N) is 3. The number of imidazole rings is 1. The van der Waals surface area contributed by atoms with E-state index in [9.17, 15) is 0 Å². The Balaban J connectivity index is 1.37. The largest absolute Gasteiger partial charge is 0.338 e. The molecule has 0 spiro atoms. The molecule has 2 heterocycles. The zero-order valence-electron chi connectivity index (χ0n) is 19.9. The van der Waals surface area contributed by atoms with Crippen LogP contribution in [0.15, 0.2) is 66.2 Å². The number of hydrogen-bond acceptors (Lipinski definition) is 2. The summed E-state index contributed by atoms with van der Waals surface area (Å²) in [6, 6.07) is 20.1. The number of rotatable bonds is 5. The molecule has 6 heteroatoms. The summed E-state index contributed by atoms with van der Waals surface area (Å²) in [5.41, 5.74) is 8.36. The van der Waals surface area contributed by atoms with Crippen molar-refractivity contribution < 1.29 is 0 Å². The van der Waals surface area contributed by atoms with Gasteiger partial charge in [0.15, 0.2) is 5.69 Å². The predicted molar refractivity (Wildman–Crippen MR) is 149 cm³/mol. The minimum atomic E-state index is 0.512. The first-order chi connectivity index (χ1) is 17.6. The molecule has 1 aromatic heterocycles. The Morgan fingerprint density at radius 3 is 2.22 bits per heavy atom. The molecule has 0 unspecified atom stereocenters. The molecule has 3 aromatic carbocycles. The Hall–Kier alpha value is -3.10. The molecule has 2 fully saturated rings. The summed E-state index contributed by atoms with van der Waals surface area (Å²) in [6.07, 6.45) is 4.86. The number of fused-ring (bicyclic) bond motifs is 1. The SMILES string of the molecule is [C-]#[N+]c1ccc(-c2ccc(C(=C3CCN(CC4CC4)CC3)c3nc4cc(Cl)c(Cl)cc4[nH]3)cc2)cc1. The first-order valence-electron chi connectivity index (χ1n) is 12.5. The van der Waals surface area contributed by atoms with E-state index in [0.29, 0.717) is 15.7 Å². The zero-order chi connectivity index (χ0) is 24.6. The van der Waals surface area contributed by atoms with Crippen LogP contribution < -0.4 is 0 Å². The fourth-order valence-electron chi connectivity index (χ4n) is 5.11. The molecule has 0 radical (unpaired) electrons. The summed E-state index contributed by atoms with van der Waals surface area (Å²) >= 11 is 12.6. The summed E-state index contributed by atoms with van der Waals surface area (Å²) in [5, 5.41) is 1.04. The number of likely N-dealkylation sites (tertiary alicyclic amines) is 1. The lowest BCUT2D eigenvalue weighted by atomic mass is 9.91. The van der Waals surface area contributed by atoms with E-state index in [1.807, 2.05) is 36.4 Å². The number of aromatic amines is 1. The van der Waals surface area contributed by atoms with E-state index in [4.69, 9.17) is 34.8 Å². The number of H-pyrrole nitrogens is 1. The second-order valence-electron chi connectivity index (χ2n) is 9.83. The van der Waals surface area contributed by atoms with E-state index < -0.39 is 0 Å². The van der Waals surface area contributed by atoms with Crippen LogP contribution in [0.3, 0.4) is 0 Å². The van der Waals surface area contributed by atoms with Gasteiger partial charge in [-0.3, -0.25) is 0 Å². The molecule has 180 valence electrons. The van der Waals surface area contributed by atoms with E-state index in [0.717, 1.165) is 65.4 Å². The van der Waals surface area contributed by atoms with Crippen molar-refractivity contribution in [1.29, 1.82) is 0 Å². The Morgan fingerprint density at radius 2 is 1.58 bits per heavy atom. The van der Waals surface area contributed by atoms with E-state index in [1.54, 1.807) is 0 Å². The van der Waals surface area contributed by atoms with E-state index in [2.05, 4.69) is 39.0 Å². The van der Waals surface area contributed by atoms with Gasteiger partial charge >= 0.3 is 0 Å². The number of benzene rings is 3. The van der Waals surface area contributed by atoms with Crippen molar-refractivity contribution in [2.24, 2.45) is 5.92 Å². The highest BCUT2D eigenvalue weighted by atomic mass is 35.5. The molecule has 4 aromatic rings. The van der Waals surface area contributed by atoms with Crippen LogP contribution in [0.4, 0.5) is 5.69 Å². The van der Waals surface area contributed by atoms with Crippen molar-refractivity contribution >= 4 is 45.5 Å². The molecule has 0 amide bonds. The van der Waals surface area contributed by atoms with Crippen molar-refractivity contribution in [3.8, 4) is 11.1 Å².